The average molecular weight is 390 g/mol. The first-order valence-electron chi connectivity index (χ1n) is 8.63. The van der Waals surface area contributed by atoms with Gasteiger partial charge in [0.25, 0.3) is 5.56 Å². The van der Waals surface area contributed by atoms with Crippen molar-refractivity contribution in [2.75, 3.05) is 24.6 Å². The molecular formula is C17H15FN4O4S. The van der Waals surface area contributed by atoms with Crippen LogP contribution in [0.5, 0.6) is 5.75 Å². The molecule has 3 aromatic rings. The van der Waals surface area contributed by atoms with E-state index in [0.29, 0.717) is 29.9 Å². The molecule has 1 N–H and O–H groups in total. The second-order valence-corrected chi connectivity index (χ2v) is 7.79. The maximum atomic E-state index is 15.0. The lowest BCUT2D eigenvalue weighted by molar-refractivity contribution is 0.250. The van der Waals surface area contributed by atoms with Gasteiger partial charge in [0.15, 0.2) is 11.6 Å². The predicted octanol–water partition coefficient (Wildman–Crippen LogP) is 2.34. The van der Waals surface area contributed by atoms with Crippen LogP contribution in [0.15, 0.2) is 20.8 Å². The fraction of sp³-hybridized carbons (Fsp3) is 0.412. The number of nitroso groups, excluding NO2 is 1. The van der Waals surface area contributed by atoms with Crippen LogP contribution in [0.25, 0.3) is 21.1 Å². The minimum Gasteiger partial charge on any atom is -0.487 e. The van der Waals surface area contributed by atoms with Crippen molar-refractivity contribution >= 4 is 38.3 Å². The van der Waals surface area contributed by atoms with Gasteiger partial charge in [0.2, 0.25) is 5.43 Å². The van der Waals surface area contributed by atoms with Crippen molar-refractivity contribution in [1.82, 2.24) is 8.94 Å². The molecule has 2 aliphatic rings. The molecule has 5 rings (SSSR count). The van der Waals surface area contributed by atoms with Crippen molar-refractivity contribution in [3.05, 3.63) is 37.4 Å². The zero-order valence-electron chi connectivity index (χ0n) is 14.3. The highest BCUT2D eigenvalue weighted by molar-refractivity contribution is 7.12. The number of halogens is 1. The average Bonchev–Trinajstić information content (AvgIpc) is 3.27. The van der Waals surface area contributed by atoms with E-state index in [1.54, 1.807) is 4.90 Å². The second-order valence-electron chi connectivity index (χ2n) is 7.00. The number of anilines is 1. The number of aromatic nitrogens is 2. The predicted molar refractivity (Wildman–Crippen MR) is 101 cm³/mol. The van der Waals surface area contributed by atoms with E-state index < -0.39 is 22.8 Å². The Balaban J connectivity index is 1.90. The Kier molecular flexibility index (Phi) is 3.42. The van der Waals surface area contributed by atoms with Gasteiger partial charge in [0.1, 0.15) is 28.6 Å². The number of benzene rings is 1. The van der Waals surface area contributed by atoms with Gasteiger partial charge in [-0.25, -0.2) is 4.39 Å². The van der Waals surface area contributed by atoms with E-state index in [4.69, 9.17) is 4.74 Å². The second kappa shape index (κ2) is 5.62. The molecule has 140 valence electrons. The first-order chi connectivity index (χ1) is 13.0. The van der Waals surface area contributed by atoms with E-state index in [-0.39, 0.29) is 34.9 Å². The van der Waals surface area contributed by atoms with E-state index in [1.807, 2.05) is 11.5 Å². The third-order valence-electron chi connectivity index (χ3n) is 5.33. The first-order valence-corrected chi connectivity index (χ1v) is 9.45. The highest BCUT2D eigenvalue weighted by Gasteiger charge is 2.33. The molecule has 4 heterocycles. The van der Waals surface area contributed by atoms with Gasteiger partial charge >= 0.3 is 0 Å². The molecule has 2 aromatic heterocycles. The quantitative estimate of drug-likeness (QED) is 0.678. The number of fused-ring (bicyclic) bond motifs is 2. The molecule has 0 radical (unpaired) electrons. The van der Waals surface area contributed by atoms with Gasteiger partial charge in [-0.1, -0.05) is 5.18 Å². The van der Waals surface area contributed by atoms with E-state index in [1.165, 1.54) is 6.07 Å². The van der Waals surface area contributed by atoms with Crippen LogP contribution in [-0.4, -0.2) is 34.7 Å². The van der Waals surface area contributed by atoms with E-state index in [2.05, 4.69) is 9.55 Å². The lowest BCUT2D eigenvalue weighted by Gasteiger charge is -2.31. The number of pyridine rings is 1. The van der Waals surface area contributed by atoms with Gasteiger partial charge in [-0.15, -0.1) is 0 Å². The third kappa shape index (κ3) is 2.13. The summed E-state index contributed by atoms with van der Waals surface area (Å²) in [5, 5.41) is 3.24. The number of H-pyrrole nitrogens is 1. The normalized spacial score (nSPS) is 21.8. The Labute approximate surface area is 155 Å². The lowest BCUT2D eigenvalue weighted by atomic mass is 10.1. The van der Waals surface area contributed by atoms with E-state index in [9.17, 15) is 14.5 Å². The summed E-state index contributed by atoms with van der Waals surface area (Å²) in [5.74, 6) is -0.317. The van der Waals surface area contributed by atoms with Crippen LogP contribution in [0, 0.1) is 10.7 Å². The number of nitrogens with one attached hydrogen (secondary N) is 1. The number of aromatic amines is 1. The largest absolute Gasteiger partial charge is 0.487 e. The summed E-state index contributed by atoms with van der Waals surface area (Å²) >= 11 is 1.09. The van der Waals surface area contributed by atoms with Gasteiger partial charge in [0, 0.05) is 13.1 Å². The Bertz CT molecular complexity index is 1230. The van der Waals surface area contributed by atoms with Crippen LogP contribution in [-0.2, 0) is 0 Å². The number of hydrogen-bond acceptors (Lipinski definition) is 7. The molecule has 2 aliphatic heterocycles. The van der Waals surface area contributed by atoms with Gasteiger partial charge < -0.3 is 14.2 Å². The molecule has 0 bridgehead atoms. The first kappa shape index (κ1) is 16.4. The Morgan fingerprint density at radius 3 is 2.96 bits per heavy atom. The summed E-state index contributed by atoms with van der Waals surface area (Å²) in [6.07, 6.45) is 0.544. The summed E-state index contributed by atoms with van der Waals surface area (Å²) < 4.78 is 25.4. The van der Waals surface area contributed by atoms with Crippen LogP contribution in [0.1, 0.15) is 19.4 Å². The highest BCUT2D eigenvalue weighted by Crippen LogP contribution is 2.44. The van der Waals surface area contributed by atoms with Gasteiger partial charge in [-0.05, 0) is 30.9 Å². The maximum absolute atomic E-state index is 15.0. The molecule has 1 fully saturated rings. The maximum Gasteiger partial charge on any atom is 0.271 e. The number of rotatable bonds is 2. The number of ether oxygens (including phenoxy) is 1. The minimum atomic E-state index is -0.603. The van der Waals surface area contributed by atoms with Crippen molar-refractivity contribution in [3.63, 3.8) is 0 Å². The van der Waals surface area contributed by atoms with Crippen molar-refractivity contribution in [2.24, 2.45) is 5.18 Å². The summed E-state index contributed by atoms with van der Waals surface area (Å²) in [6, 6.07) is 0.650. The molecule has 1 saturated heterocycles. The fourth-order valence-electron chi connectivity index (χ4n) is 4.08. The van der Waals surface area contributed by atoms with Crippen molar-refractivity contribution in [1.29, 1.82) is 0 Å². The topological polar surface area (TPSA) is 96.8 Å². The fourth-order valence-corrected chi connectivity index (χ4v) is 5.03. The smallest absolute Gasteiger partial charge is 0.271 e. The van der Waals surface area contributed by atoms with E-state index >= 15 is 4.39 Å². The molecule has 0 spiro atoms. The molecule has 0 amide bonds. The Morgan fingerprint density at radius 2 is 2.22 bits per heavy atom. The van der Waals surface area contributed by atoms with Crippen LogP contribution < -0.4 is 20.6 Å². The zero-order chi connectivity index (χ0) is 18.9. The summed E-state index contributed by atoms with van der Waals surface area (Å²) in [6.45, 7) is 2.99. The van der Waals surface area contributed by atoms with Crippen LogP contribution in [0.3, 0.4) is 0 Å². The van der Waals surface area contributed by atoms with Crippen LogP contribution in [0.4, 0.5) is 10.1 Å². The molecule has 0 aliphatic carbocycles. The minimum absolute atomic E-state index is 0.0470. The lowest BCUT2D eigenvalue weighted by Crippen LogP contribution is -2.28. The summed E-state index contributed by atoms with van der Waals surface area (Å²) in [4.78, 5) is 38.1. The zero-order valence-corrected chi connectivity index (χ0v) is 15.1. The summed E-state index contributed by atoms with van der Waals surface area (Å²) in [5.41, 5.74) is -0.233. The standard InChI is InChI=1S/C17H15FN4O4S/c1-7-6-26-15-12-9(14(23)11-16(24)20-27-17(11)22(7)12)4-10(18)13(15)21-3-2-8(5-21)19-25/h4,7-8H,2-3,5-6H2,1H3,(H,20,24). The van der Waals surface area contributed by atoms with Crippen LogP contribution >= 0.6 is 11.5 Å². The van der Waals surface area contributed by atoms with Gasteiger partial charge in [0.05, 0.1) is 16.9 Å². The monoisotopic (exact) mass is 390 g/mol. The molecule has 2 unspecified atom stereocenters. The highest BCUT2D eigenvalue weighted by atomic mass is 32.1. The SMILES string of the molecule is CC1COc2c(N3CCC(N=O)C3)c(F)cc3c(=O)c4c(=O)[nH]sc4n1c23. The van der Waals surface area contributed by atoms with Crippen molar-refractivity contribution in [2.45, 2.75) is 25.4 Å². The number of nitrogens with zero attached hydrogens (tertiary/aromatic N) is 3. The molecule has 8 nitrogen and oxygen atoms in total. The Morgan fingerprint density at radius 1 is 1.41 bits per heavy atom. The number of hydrogen-bond donors (Lipinski definition) is 1. The van der Waals surface area contributed by atoms with Gasteiger partial charge in [-0.2, -0.15) is 4.91 Å². The van der Waals surface area contributed by atoms with Crippen molar-refractivity contribution in [3.8, 4) is 5.75 Å². The van der Waals surface area contributed by atoms with Gasteiger partial charge in [-0.3, -0.25) is 14.0 Å². The van der Waals surface area contributed by atoms with Crippen molar-refractivity contribution < 1.29 is 9.13 Å². The molecule has 10 heteroatoms. The molecule has 0 saturated carbocycles. The Hall–Kier alpha value is -2.75. The van der Waals surface area contributed by atoms with Crippen LogP contribution in [0.2, 0.25) is 0 Å². The van der Waals surface area contributed by atoms with E-state index in [0.717, 1.165) is 11.5 Å². The molecule has 27 heavy (non-hydrogen) atoms. The third-order valence-corrected chi connectivity index (χ3v) is 6.22. The molecule has 2 atom stereocenters. The summed E-state index contributed by atoms with van der Waals surface area (Å²) in [7, 11) is 0. The molecular weight excluding hydrogens is 375 g/mol. The molecule has 1 aromatic carbocycles.